The zero-order chi connectivity index (χ0) is 27.3. The summed E-state index contributed by atoms with van der Waals surface area (Å²) in [6.07, 6.45) is 31.6. The Kier molecular flexibility index (Phi) is 7.42. The summed E-state index contributed by atoms with van der Waals surface area (Å²) in [4.78, 5) is 0. The van der Waals surface area contributed by atoms with Gasteiger partial charge in [0.05, 0.1) is 0 Å². The van der Waals surface area contributed by atoms with Crippen LogP contribution < -0.4 is 0 Å². The summed E-state index contributed by atoms with van der Waals surface area (Å²) >= 11 is 0. The summed E-state index contributed by atoms with van der Waals surface area (Å²) in [5.74, 6) is 0.604. The van der Waals surface area contributed by atoms with Crippen LogP contribution >= 0.6 is 0 Å². The lowest BCUT2D eigenvalue weighted by Crippen LogP contribution is -2.19. The highest BCUT2D eigenvalue weighted by molar-refractivity contribution is 5.96. The molecule has 6 rings (SSSR count). The molecule has 0 nitrogen and oxygen atoms in total. The molecule has 3 aliphatic carbocycles. The highest BCUT2D eigenvalue weighted by atomic mass is 14.3. The average Bonchev–Trinajstić information content (AvgIpc) is 3.02. The third-order valence-electron chi connectivity index (χ3n) is 8.28. The first kappa shape index (κ1) is 25.6. The molecule has 3 unspecified atom stereocenters. The molecular weight excluding hydrogens is 480 g/mol. The van der Waals surface area contributed by atoms with Crippen molar-refractivity contribution in [3.63, 3.8) is 0 Å². The van der Waals surface area contributed by atoms with Crippen LogP contribution in [0.1, 0.15) is 12.0 Å². The summed E-state index contributed by atoms with van der Waals surface area (Å²) in [5, 5.41) is 2.54. The van der Waals surface area contributed by atoms with Gasteiger partial charge in [-0.15, -0.1) is 13.2 Å². The lowest BCUT2D eigenvalue weighted by Gasteiger charge is -2.31. The molecule has 0 bridgehead atoms. The minimum Gasteiger partial charge on any atom is -0.102 e. The maximum Gasteiger partial charge on any atom is 0.0125 e. The van der Waals surface area contributed by atoms with Crippen LogP contribution in [0.5, 0.6) is 0 Å². The number of hydrogen-bond donors (Lipinski definition) is 0. The second kappa shape index (κ2) is 11.6. The molecule has 0 aromatic heterocycles. The molecule has 0 radical (unpaired) electrons. The molecular formula is C40H34. The van der Waals surface area contributed by atoms with E-state index in [-0.39, 0.29) is 11.8 Å². The van der Waals surface area contributed by atoms with E-state index in [9.17, 15) is 0 Å². The normalized spacial score (nSPS) is 22.1. The van der Waals surface area contributed by atoms with Crippen LogP contribution in [0.15, 0.2) is 182 Å². The van der Waals surface area contributed by atoms with E-state index in [0.29, 0.717) is 5.92 Å². The van der Waals surface area contributed by atoms with Gasteiger partial charge in [0.15, 0.2) is 0 Å². The molecule has 0 amide bonds. The van der Waals surface area contributed by atoms with Crippen molar-refractivity contribution < 1.29 is 0 Å². The molecule has 3 aliphatic rings. The number of benzene rings is 3. The van der Waals surface area contributed by atoms with Gasteiger partial charge in [-0.3, -0.25) is 0 Å². The number of allylic oxidation sites excluding steroid dienone is 18. The van der Waals surface area contributed by atoms with E-state index in [1.54, 1.807) is 0 Å². The van der Waals surface area contributed by atoms with Crippen LogP contribution in [0.4, 0.5) is 0 Å². The van der Waals surface area contributed by atoms with Gasteiger partial charge in [-0.05, 0) is 56.2 Å². The lowest BCUT2D eigenvalue weighted by atomic mass is 9.72. The summed E-state index contributed by atoms with van der Waals surface area (Å²) in [5.41, 5.74) is 8.98. The molecule has 40 heavy (non-hydrogen) atoms. The Balaban J connectivity index is 1.38. The van der Waals surface area contributed by atoms with Gasteiger partial charge in [-0.25, -0.2) is 0 Å². The minimum atomic E-state index is 0.0800. The third-order valence-corrected chi connectivity index (χ3v) is 8.28. The van der Waals surface area contributed by atoms with Crippen LogP contribution in [-0.2, 0) is 0 Å². The fourth-order valence-electron chi connectivity index (χ4n) is 6.21. The van der Waals surface area contributed by atoms with Gasteiger partial charge in [-0.1, -0.05) is 152 Å². The zero-order valence-corrected chi connectivity index (χ0v) is 22.8. The van der Waals surface area contributed by atoms with Crippen molar-refractivity contribution in [2.75, 3.05) is 0 Å². The minimum absolute atomic E-state index is 0.0800. The van der Waals surface area contributed by atoms with E-state index in [1.165, 1.54) is 49.8 Å². The maximum absolute atomic E-state index is 4.32. The van der Waals surface area contributed by atoms with Gasteiger partial charge in [0.1, 0.15) is 0 Å². The molecule has 0 N–H and O–H groups in total. The molecule has 3 aromatic carbocycles. The second-order valence-electron chi connectivity index (χ2n) is 10.6. The third kappa shape index (κ3) is 5.01. The van der Waals surface area contributed by atoms with E-state index in [2.05, 4.69) is 165 Å². The smallest absolute Gasteiger partial charge is 0.0125 e. The fraction of sp³-hybridized carbons (Fsp3) is 0.100. The van der Waals surface area contributed by atoms with Crippen LogP contribution in [0.25, 0.3) is 27.5 Å². The fourth-order valence-corrected chi connectivity index (χ4v) is 6.21. The monoisotopic (exact) mass is 514 g/mol. The molecule has 3 atom stereocenters. The Bertz CT molecular complexity index is 1680. The largest absolute Gasteiger partial charge is 0.102 e. The Morgan fingerprint density at radius 2 is 1.30 bits per heavy atom. The van der Waals surface area contributed by atoms with Gasteiger partial charge in [-0.2, -0.15) is 0 Å². The average molecular weight is 515 g/mol. The Labute approximate surface area is 238 Å². The molecule has 194 valence electrons. The van der Waals surface area contributed by atoms with Crippen LogP contribution in [0, 0.1) is 17.8 Å². The number of fused-ring (bicyclic) bond motifs is 2. The molecule has 0 aliphatic heterocycles. The van der Waals surface area contributed by atoms with Crippen molar-refractivity contribution >= 4 is 16.3 Å². The van der Waals surface area contributed by atoms with E-state index in [1.807, 2.05) is 0 Å². The van der Waals surface area contributed by atoms with E-state index < -0.39 is 0 Å². The SMILES string of the molecule is C=CC1C(C2=CC=C3C=CC=CC3C2)=CC=CC=CC=C(c2ccc(-c3cccc4ccccc34)cc2)C1C=C. The van der Waals surface area contributed by atoms with Gasteiger partial charge in [0.25, 0.3) is 0 Å². The molecule has 3 aromatic rings. The van der Waals surface area contributed by atoms with Crippen molar-refractivity contribution in [3.05, 3.63) is 187 Å². The number of rotatable bonds is 5. The van der Waals surface area contributed by atoms with Gasteiger partial charge >= 0.3 is 0 Å². The molecule has 0 saturated heterocycles. The molecule has 0 heteroatoms. The first-order valence-electron chi connectivity index (χ1n) is 14.1. The van der Waals surface area contributed by atoms with Crippen molar-refractivity contribution in [2.45, 2.75) is 6.42 Å². The van der Waals surface area contributed by atoms with Gasteiger partial charge in [0.2, 0.25) is 0 Å². The van der Waals surface area contributed by atoms with Crippen LogP contribution in [-0.4, -0.2) is 0 Å². The van der Waals surface area contributed by atoms with Crippen molar-refractivity contribution in [1.29, 1.82) is 0 Å². The van der Waals surface area contributed by atoms with E-state index in [0.717, 1.165) is 6.42 Å². The second-order valence-corrected chi connectivity index (χ2v) is 10.6. The molecule has 0 spiro atoms. The van der Waals surface area contributed by atoms with Gasteiger partial charge < -0.3 is 0 Å². The summed E-state index contributed by atoms with van der Waals surface area (Å²) in [6.45, 7) is 8.64. The van der Waals surface area contributed by atoms with E-state index in [4.69, 9.17) is 0 Å². The summed E-state index contributed by atoms with van der Waals surface area (Å²) in [7, 11) is 0. The van der Waals surface area contributed by atoms with Crippen molar-refractivity contribution in [2.24, 2.45) is 17.8 Å². The predicted molar refractivity (Wildman–Crippen MR) is 174 cm³/mol. The highest BCUT2D eigenvalue weighted by Crippen LogP contribution is 2.42. The van der Waals surface area contributed by atoms with Crippen LogP contribution in [0.2, 0.25) is 0 Å². The molecule has 0 saturated carbocycles. The summed E-state index contributed by atoms with van der Waals surface area (Å²) in [6, 6.07) is 24.1. The quantitative estimate of drug-likeness (QED) is 0.297. The first-order valence-corrected chi connectivity index (χ1v) is 14.1. The summed E-state index contributed by atoms with van der Waals surface area (Å²) < 4.78 is 0. The highest BCUT2D eigenvalue weighted by Gasteiger charge is 2.28. The first-order chi connectivity index (χ1) is 19.8. The van der Waals surface area contributed by atoms with Crippen LogP contribution in [0.3, 0.4) is 0 Å². The standard InChI is InChI=1S/C40H34/c1-3-35-36(4-2)40(34-27-22-29-14-9-10-16-33(29)28-34)19-8-6-5-7-18-37(35)31-23-25-32(26-24-31)39-21-13-17-30-15-11-12-20-38(30)39/h3-27,33,35-36H,1-2,28H2. The molecule has 0 heterocycles. The Morgan fingerprint density at radius 1 is 0.600 bits per heavy atom. The predicted octanol–water partition coefficient (Wildman–Crippen LogP) is 10.5. The Hall–Kier alpha value is -4.68. The lowest BCUT2D eigenvalue weighted by molar-refractivity contribution is 0.640. The van der Waals surface area contributed by atoms with E-state index >= 15 is 0 Å². The van der Waals surface area contributed by atoms with Crippen molar-refractivity contribution in [3.8, 4) is 11.1 Å². The Morgan fingerprint density at radius 3 is 2.10 bits per heavy atom. The zero-order valence-electron chi connectivity index (χ0n) is 22.8. The topological polar surface area (TPSA) is 0 Å². The van der Waals surface area contributed by atoms with Crippen molar-refractivity contribution in [1.82, 2.24) is 0 Å². The molecule has 0 fully saturated rings. The number of hydrogen-bond acceptors (Lipinski definition) is 0. The van der Waals surface area contributed by atoms with Gasteiger partial charge in [0, 0.05) is 17.8 Å². The maximum atomic E-state index is 4.32.